The van der Waals surface area contributed by atoms with Crippen molar-refractivity contribution in [2.45, 2.75) is 11.7 Å². The number of nitrogens with one attached hydrogen (secondary N) is 1. The van der Waals surface area contributed by atoms with Crippen LogP contribution >= 0.6 is 11.8 Å². The predicted molar refractivity (Wildman–Crippen MR) is 75.0 cm³/mol. The number of carbonyl (C=O) groups excluding carboxylic acids is 2. The average molecular weight is 293 g/mol. The van der Waals surface area contributed by atoms with Gasteiger partial charge in [-0.25, -0.2) is 4.39 Å². The van der Waals surface area contributed by atoms with E-state index in [4.69, 9.17) is 0 Å². The Morgan fingerprint density at radius 1 is 1.40 bits per heavy atom. The maximum atomic E-state index is 12.8. The molecule has 1 aromatic carbocycles. The lowest BCUT2D eigenvalue weighted by atomic mass is 10.2. The molecular weight excluding hydrogens is 281 g/mol. The van der Waals surface area contributed by atoms with Crippen LogP contribution in [0.2, 0.25) is 0 Å². The van der Waals surface area contributed by atoms with E-state index in [1.807, 2.05) is 0 Å². The van der Waals surface area contributed by atoms with Crippen molar-refractivity contribution in [3.8, 4) is 0 Å². The van der Waals surface area contributed by atoms with E-state index in [1.165, 1.54) is 36.0 Å². The summed E-state index contributed by atoms with van der Waals surface area (Å²) in [4.78, 5) is 29.9. The average Bonchev–Trinajstić information content (AvgIpc) is 2.90. The monoisotopic (exact) mass is 293 g/mol. The fourth-order valence-electron chi connectivity index (χ4n) is 2.10. The van der Waals surface area contributed by atoms with Crippen LogP contribution in [0, 0.1) is 5.82 Å². The number of nitrogens with zero attached hydrogens (tertiary/aromatic N) is 2. The number of aliphatic imine (C=N–C) groups is 1. The molecule has 1 unspecified atom stereocenters. The highest BCUT2D eigenvalue weighted by Gasteiger charge is 2.37. The van der Waals surface area contributed by atoms with Gasteiger partial charge < -0.3 is 5.32 Å². The molecule has 1 saturated heterocycles. The molecule has 2 amide bonds. The van der Waals surface area contributed by atoms with E-state index >= 15 is 0 Å². The first-order valence-corrected chi connectivity index (χ1v) is 7.09. The Bertz CT molecular complexity index is 588. The SMILES string of the molecule is O=C(Nc1ccc(F)cc1)C1CC(=O)N2CCN=C2S1. The summed E-state index contributed by atoms with van der Waals surface area (Å²) in [7, 11) is 0. The van der Waals surface area contributed by atoms with Crippen LogP contribution in [0.4, 0.5) is 10.1 Å². The number of hydrogen-bond acceptors (Lipinski definition) is 4. The highest BCUT2D eigenvalue weighted by atomic mass is 32.2. The van der Waals surface area contributed by atoms with Crippen molar-refractivity contribution >= 4 is 34.4 Å². The molecule has 7 heteroatoms. The molecule has 2 heterocycles. The Kier molecular flexibility index (Phi) is 3.43. The van der Waals surface area contributed by atoms with Crippen LogP contribution in [-0.2, 0) is 9.59 Å². The molecule has 20 heavy (non-hydrogen) atoms. The molecular formula is C13H12FN3O2S. The molecule has 0 spiro atoms. The Balaban J connectivity index is 1.68. The Hall–Kier alpha value is -1.89. The van der Waals surface area contributed by atoms with E-state index in [9.17, 15) is 14.0 Å². The lowest BCUT2D eigenvalue weighted by Gasteiger charge is -2.27. The van der Waals surface area contributed by atoms with Gasteiger partial charge in [0.2, 0.25) is 11.8 Å². The van der Waals surface area contributed by atoms with E-state index in [0.717, 1.165) is 0 Å². The summed E-state index contributed by atoms with van der Waals surface area (Å²) in [6.45, 7) is 1.20. The van der Waals surface area contributed by atoms with Crippen molar-refractivity contribution in [1.29, 1.82) is 0 Å². The first-order valence-electron chi connectivity index (χ1n) is 6.21. The highest BCUT2D eigenvalue weighted by Crippen LogP contribution is 2.29. The van der Waals surface area contributed by atoms with Gasteiger partial charge in [-0.05, 0) is 24.3 Å². The minimum atomic E-state index is -0.486. The second-order valence-electron chi connectivity index (χ2n) is 4.52. The van der Waals surface area contributed by atoms with Crippen LogP contribution in [0.5, 0.6) is 0 Å². The maximum Gasteiger partial charge on any atom is 0.238 e. The first kappa shape index (κ1) is 13.1. The smallest absolute Gasteiger partial charge is 0.238 e. The predicted octanol–water partition coefficient (Wildman–Crippen LogP) is 1.47. The lowest BCUT2D eigenvalue weighted by Crippen LogP contribution is -2.43. The van der Waals surface area contributed by atoms with Crippen molar-refractivity contribution < 1.29 is 14.0 Å². The molecule has 5 nitrogen and oxygen atoms in total. The van der Waals surface area contributed by atoms with Gasteiger partial charge in [0, 0.05) is 18.7 Å². The summed E-state index contributed by atoms with van der Waals surface area (Å²) in [6, 6.07) is 5.53. The van der Waals surface area contributed by atoms with Crippen LogP contribution in [0.15, 0.2) is 29.3 Å². The van der Waals surface area contributed by atoms with Gasteiger partial charge in [0.15, 0.2) is 5.17 Å². The normalized spacial score (nSPS) is 21.4. The molecule has 1 atom stereocenters. The number of amidine groups is 1. The zero-order valence-electron chi connectivity index (χ0n) is 10.5. The second-order valence-corrected chi connectivity index (χ2v) is 5.69. The molecule has 0 saturated carbocycles. The number of fused-ring (bicyclic) bond motifs is 1. The van der Waals surface area contributed by atoms with Crippen molar-refractivity contribution in [1.82, 2.24) is 4.90 Å². The zero-order valence-corrected chi connectivity index (χ0v) is 11.3. The topological polar surface area (TPSA) is 61.8 Å². The van der Waals surface area contributed by atoms with Crippen LogP contribution in [-0.4, -0.2) is 40.2 Å². The molecule has 3 rings (SSSR count). The van der Waals surface area contributed by atoms with Gasteiger partial charge in [0.05, 0.1) is 6.54 Å². The number of benzene rings is 1. The van der Waals surface area contributed by atoms with Crippen LogP contribution < -0.4 is 5.32 Å². The molecule has 1 fully saturated rings. The number of anilines is 1. The summed E-state index contributed by atoms with van der Waals surface area (Å²) in [5, 5.41) is 2.83. The third-order valence-corrected chi connectivity index (χ3v) is 4.34. The van der Waals surface area contributed by atoms with Crippen molar-refractivity contribution in [3.05, 3.63) is 30.1 Å². The molecule has 0 aromatic heterocycles. The van der Waals surface area contributed by atoms with Gasteiger partial charge in [-0.2, -0.15) is 0 Å². The van der Waals surface area contributed by atoms with E-state index in [0.29, 0.717) is 23.9 Å². The summed E-state index contributed by atoms with van der Waals surface area (Å²) < 4.78 is 12.8. The number of thioether (sulfide) groups is 1. The summed E-state index contributed by atoms with van der Waals surface area (Å²) in [5.41, 5.74) is 0.514. The number of halogens is 1. The molecule has 2 aliphatic heterocycles. The van der Waals surface area contributed by atoms with E-state index in [1.54, 1.807) is 4.90 Å². The van der Waals surface area contributed by atoms with E-state index in [-0.39, 0.29) is 24.1 Å². The third-order valence-electron chi connectivity index (χ3n) is 3.11. The molecule has 0 radical (unpaired) electrons. The largest absolute Gasteiger partial charge is 0.325 e. The van der Waals surface area contributed by atoms with E-state index in [2.05, 4.69) is 10.3 Å². The first-order chi connectivity index (χ1) is 9.63. The van der Waals surface area contributed by atoms with Gasteiger partial charge in [-0.1, -0.05) is 11.8 Å². The van der Waals surface area contributed by atoms with Gasteiger partial charge in [0.1, 0.15) is 11.1 Å². The second kappa shape index (κ2) is 5.24. The van der Waals surface area contributed by atoms with Crippen molar-refractivity contribution in [2.75, 3.05) is 18.4 Å². The standard InChI is InChI=1S/C13H12FN3O2S/c14-8-1-3-9(4-2-8)16-12(19)10-7-11(18)17-6-5-15-13(17)20-10/h1-4,10H,5-7H2,(H,16,19). The molecule has 0 aliphatic carbocycles. The minimum Gasteiger partial charge on any atom is -0.325 e. The van der Waals surface area contributed by atoms with Gasteiger partial charge >= 0.3 is 0 Å². The number of hydrogen-bond donors (Lipinski definition) is 1. The molecule has 1 N–H and O–H groups in total. The van der Waals surface area contributed by atoms with Gasteiger partial charge in [0.25, 0.3) is 0 Å². The summed E-state index contributed by atoms with van der Waals surface area (Å²) in [6.07, 6.45) is 0.163. The zero-order chi connectivity index (χ0) is 14.1. The van der Waals surface area contributed by atoms with Gasteiger partial charge in [-0.3, -0.25) is 19.5 Å². The minimum absolute atomic E-state index is 0.0701. The quantitative estimate of drug-likeness (QED) is 0.898. The number of carbonyl (C=O) groups is 2. The van der Waals surface area contributed by atoms with Crippen molar-refractivity contribution in [2.24, 2.45) is 4.99 Å². The molecule has 0 bridgehead atoms. The summed E-state index contributed by atoms with van der Waals surface area (Å²) in [5.74, 6) is -0.690. The Morgan fingerprint density at radius 3 is 2.90 bits per heavy atom. The lowest BCUT2D eigenvalue weighted by molar-refractivity contribution is -0.129. The Morgan fingerprint density at radius 2 is 2.15 bits per heavy atom. The van der Waals surface area contributed by atoms with Crippen LogP contribution in [0.3, 0.4) is 0 Å². The number of rotatable bonds is 2. The van der Waals surface area contributed by atoms with Crippen molar-refractivity contribution in [3.63, 3.8) is 0 Å². The van der Waals surface area contributed by atoms with Gasteiger partial charge in [-0.15, -0.1) is 0 Å². The molecule has 2 aliphatic rings. The molecule has 104 valence electrons. The highest BCUT2D eigenvalue weighted by molar-refractivity contribution is 8.15. The fraction of sp³-hybridized carbons (Fsp3) is 0.308. The number of amides is 2. The molecule has 1 aromatic rings. The summed E-state index contributed by atoms with van der Waals surface area (Å²) >= 11 is 1.31. The van der Waals surface area contributed by atoms with Crippen LogP contribution in [0.1, 0.15) is 6.42 Å². The fourth-order valence-corrected chi connectivity index (χ4v) is 3.23. The van der Waals surface area contributed by atoms with E-state index < -0.39 is 5.25 Å². The Labute approximate surface area is 119 Å². The van der Waals surface area contributed by atoms with Crippen LogP contribution in [0.25, 0.3) is 0 Å². The third kappa shape index (κ3) is 2.53. The maximum absolute atomic E-state index is 12.8.